The SMILES string of the molecule is CCNC(=NCc1ncc(C)s1)NCCNS(=O)(=O)c1cccs1. The van der Waals surface area contributed by atoms with Gasteiger partial charge >= 0.3 is 0 Å². The van der Waals surface area contributed by atoms with Crippen molar-refractivity contribution in [1.29, 1.82) is 0 Å². The smallest absolute Gasteiger partial charge is 0.250 e. The summed E-state index contributed by atoms with van der Waals surface area (Å²) in [5, 5.41) is 8.92. The molecule has 0 spiro atoms. The Morgan fingerprint density at radius 1 is 1.33 bits per heavy atom. The van der Waals surface area contributed by atoms with Gasteiger partial charge in [0, 0.05) is 30.7 Å². The number of thiophene rings is 1. The molecular formula is C14H21N5O2S3. The van der Waals surface area contributed by atoms with Gasteiger partial charge in [0.05, 0.1) is 6.54 Å². The molecular weight excluding hydrogens is 366 g/mol. The molecule has 10 heteroatoms. The molecule has 2 rings (SSSR count). The van der Waals surface area contributed by atoms with Crippen molar-refractivity contribution in [2.45, 2.75) is 24.6 Å². The largest absolute Gasteiger partial charge is 0.357 e. The Balaban J connectivity index is 1.81. The fourth-order valence-electron chi connectivity index (χ4n) is 1.82. The summed E-state index contributed by atoms with van der Waals surface area (Å²) in [5.41, 5.74) is 0. The van der Waals surface area contributed by atoms with Crippen molar-refractivity contribution in [3.05, 3.63) is 33.6 Å². The zero-order valence-corrected chi connectivity index (χ0v) is 16.0. The van der Waals surface area contributed by atoms with Crippen LogP contribution in [-0.2, 0) is 16.6 Å². The maximum Gasteiger partial charge on any atom is 0.250 e. The second-order valence-corrected chi connectivity index (χ2v) is 9.08. The van der Waals surface area contributed by atoms with Crippen molar-refractivity contribution in [2.24, 2.45) is 4.99 Å². The van der Waals surface area contributed by atoms with Crippen molar-refractivity contribution in [3.8, 4) is 0 Å². The summed E-state index contributed by atoms with van der Waals surface area (Å²) in [5.74, 6) is 0.640. The van der Waals surface area contributed by atoms with Gasteiger partial charge in [0.25, 0.3) is 0 Å². The highest BCUT2D eigenvalue weighted by atomic mass is 32.2. The zero-order chi connectivity index (χ0) is 17.4. The van der Waals surface area contributed by atoms with Crippen LogP contribution < -0.4 is 15.4 Å². The number of aliphatic imine (C=N–C) groups is 1. The van der Waals surface area contributed by atoms with Gasteiger partial charge in [-0.2, -0.15) is 0 Å². The van der Waals surface area contributed by atoms with Crippen LogP contribution in [0.15, 0.2) is 32.9 Å². The van der Waals surface area contributed by atoms with Crippen molar-refractivity contribution in [2.75, 3.05) is 19.6 Å². The van der Waals surface area contributed by atoms with Crippen LogP contribution >= 0.6 is 22.7 Å². The first-order valence-electron chi connectivity index (χ1n) is 7.48. The summed E-state index contributed by atoms with van der Waals surface area (Å²) in [7, 11) is -3.42. The van der Waals surface area contributed by atoms with E-state index in [-0.39, 0.29) is 6.54 Å². The normalized spacial score (nSPS) is 12.3. The summed E-state index contributed by atoms with van der Waals surface area (Å²) >= 11 is 2.81. The van der Waals surface area contributed by atoms with E-state index in [1.54, 1.807) is 28.8 Å². The Labute approximate surface area is 150 Å². The monoisotopic (exact) mass is 387 g/mol. The zero-order valence-electron chi connectivity index (χ0n) is 13.6. The standard InChI is InChI=1S/C14H21N5O2S3/c1-3-15-14(18-10-12-17-9-11(2)23-12)16-6-7-19-24(20,21)13-5-4-8-22-13/h4-5,8-9,19H,3,6-7,10H2,1-2H3,(H2,15,16,18). The highest BCUT2D eigenvalue weighted by molar-refractivity contribution is 7.91. The molecule has 0 amide bonds. The van der Waals surface area contributed by atoms with E-state index in [2.05, 4.69) is 25.3 Å². The molecule has 0 unspecified atom stereocenters. The fourth-order valence-corrected chi connectivity index (χ4v) is 4.60. The predicted molar refractivity (Wildman–Crippen MR) is 99.2 cm³/mol. The summed E-state index contributed by atoms with van der Waals surface area (Å²) in [6, 6.07) is 3.30. The van der Waals surface area contributed by atoms with Crippen LogP contribution in [0.1, 0.15) is 16.8 Å². The minimum Gasteiger partial charge on any atom is -0.357 e. The molecule has 0 aliphatic rings. The van der Waals surface area contributed by atoms with Crippen LogP contribution in [0, 0.1) is 6.92 Å². The lowest BCUT2D eigenvalue weighted by molar-refractivity contribution is 0.582. The maximum atomic E-state index is 12.0. The van der Waals surface area contributed by atoms with Crippen LogP contribution in [-0.4, -0.2) is 39.0 Å². The average Bonchev–Trinajstić information content (AvgIpc) is 3.21. The van der Waals surface area contributed by atoms with Crippen LogP contribution in [0.3, 0.4) is 0 Å². The third-order valence-electron chi connectivity index (χ3n) is 2.86. The van der Waals surface area contributed by atoms with Gasteiger partial charge in [-0.25, -0.2) is 23.1 Å². The highest BCUT2D eigenvalue weighted by Gasteiger charge is 2.13. The summed E-state index contributed by atoms with van der Waals surface area (Å²) < 4.78 is 26.9. The van der Waals surface area contributed by atoms with Gasteiger partial charge < -0.3 is 10.6 Å². The fraction of sp³-hybridized carbons (Fsp3) is 0.429. The summed E-state index contributed by atoms with van der Waals surface area (Å²) in [6.07, 6.45) is 1.83. The van der Waals surface area contributed by atoms with Crippen LogP contribution in [0.2, 0.25) is 0 Å². The lowest BCUT2D eigenvalue weighted by Crippen LogP contribution is -2.41. The Morgan fingerprint density at radius 2 is 2.17 bits per heavy atom. The Kier molecular flexibility index (Phi) is 7.16. The number of aryl methyl sites for hydroxylation is 1. The van der Waals surface area contributed by atoms with E-state index < -0.39 is 10.0 Å². The molecule has 0 bridgehead atoms. The molecule has 0 radical (unpaired) electrons. The van der Waals surface area contributed by atoms with Crippen molar-refractivity contribution >= 4 is 38.7 Å². The van der Waals surface area contributed by atoms with Gasteiger partial charge in [0.15, 0.2) is 5.96 Å². The molecule has 0 saturated heterocycles. The molecule has 0 aliphatic heterocycles. The van der Waals surface area contributed by atoms with Gasteiger partial charge in [-0.1, -0.05) is 6.07 Å². The van der Waals surface area contributed by atoms with Gasteiger partial charge in [-0.3, -0.25) is 0 Å². The topological polar surface area (TPSA) is 95.5 Å². The van der Waals surface area contributed by atoms with E-state index in [1.165, 1.54) is 11.3 Å². The van der Waals surface area contributed by atoms with E-state index in [0.717, 1.165) is 16.4 Å². The number of nitrogens with one attached hydrogen (secondary N) is 3. The Morgan fingerprint density at radius 3 is 2.79 bits per heavy atom. The Hall–Kier alpha value is -1.49. The summed E-state index contributed by atoms with van der Waals surface area (Å²) in [4.78, 5) is 9.87. The second kappa shape index (κ2) is 9.11. The first-order chi connectivity index (χ1) is 11.5. The molecule has 0 saturated carbocycles. The maximum absolute atomic E-state index is 12.0. The molecule has 0 aliphatic carbocycles. The number of rotatable bonds is 8. The molecule has 2 aromatic rings. The van der Waals surface area contributed by atoms with Crippen LogP contribution in [0.5, 0.6) is 0 Å². The molecule has 132 valence electrons. The minimum atomic E-state index is -3.42. The van der Waals surface area contributed by atoms with Gasteiger partial charge in [0.2, 0.25) is 10.0 Å². The lowest BCUT2D eigenvalue weighted by atomic mass is 10.6. The first-order valence-corrected chi connectivity index (χ1v) is 10.7. The van der Waals surface area contributed by atoms with Gasteiger partial charge in [0.1, 0.15) is 9.22 Å². The second-order valence-electron chi connectivity index (χ2n) is 4.82. The Bertz CT molecular complexity index is 753. The molecule has 7 nitrogen and oxygen atoms in total. The third kappa shape index (κ3) is 5.86. The van der Waals surface area contributed by atoms with Crippen molar-refractivity contribution < 1.29 is 8.42 Å². The van der Waals surface area contributed by atoms with Crippen molar-refractivity contribution in [3.63, 3.8) is 0 Å². The number of guanidine groups is 1. The lowest BCUT2D eigenvalue weighted by Gasteiger charge is -2.11. The average molecular weight is 388 g/mol. The molecule has 24 heavy (non-hydrogen) atoms. The number of hydrogen-bond donors (Lipinski definition) is 3. The van der Waals surface area contributed by atoms with E-state index >= 15 is 0 Å². The first kappa shape index (κ1) is 18.8. The third-order valence-corrected chi connectivity index (χ3v) is 6.61. The molecule has 2 heterocycles. The summed E-state index contributed by atoms with van der Waals surface area (Å²) in [6.45, 7) is 5.92. The predicted octanol–water partition coefficient (Wildman–Crippen LogP) is 1.55. The molecule has 0 aromatic carbocycles. The minimum absolute atomic E-state index is 0.279. The number of aromatic nitrogens is 1. The quantitative estimate of drug-likeness (QED) is 0.363. The van der Waals surface area contributed by atoms with E-state index in [0.29, 0.717) is 23.3 Å². The van der Waals surface area contributed by atoms with Gasteiger partial charge in [-0.15, -0.1) is 22.7 Å². The molecule has 0 fully saturated rings. The van der Waals surface area contributed by atoms with Crippen LogP contribution in [0.25, 0.3) is 0 Å². The van der Waals surface area contributed by atoms with E-state index in [1.807, 2.05) is 20.0 Å². The van der Waals surface area contributed by atoms with E-state index in [4.69, 9.17) is 0 Å². The molecule has 0 atom stereocenters. The number of thiazole rings is 1. The van der Waals surface area contributed by atoms with Crippen molar-refractivity contribution in [1.82, 2.24) is 20.3 Å². The highest BCUT2D eigenvalue weighted by Crippen LogP contribution is 2.14. The van der Waals surface area contributed by atoms with Crippen LogP contribution in [0.4, 0.5) is 0 Å². The molecule has 3 N–H and O–H groups in total. The number of sulfonamides is 1. The number of nitrogens with zero attached hydrogens (tertiary/aromatic N) is 2. The number of hydrogen-bond acceptors (Lipinski definition) is 6. The molecule has 2 aromatic heterocycles. The van der Waals surface area contributed by atoms with Gasteiger partial charge in [-0.05, 0) is 25.3 Å². The van der Waals surface area contributed by atoms with E-state index in [9.17, 15) is 8.42 Å².